The van der Waals surface area contributed by atoms with Gasteiger partial charge in [-0.3, -0.25) is 19.4 Å². The van der Waals surface area contributed by atoms with Crippen molar-refractivity contribution in [3.63, 3.8) is 0 Å². The van der Waals surface area contributed by atoms with Crippen LogP contribution >= 0.6 is 0 Å². The lowest BCUT2D eigenvalue weighted by Gasteiger charge is -2.32. The highest BCUT2D eigenvalue weighted by atomic mass is 16.2. The van der Waals surface area contributed by atoms with Crippen LogP contribution in [0, 0.1) is 34.6 Å². The van der Waals surface area contributed by atoms with Crippen molar-refractivity contribution in [2.45, 2.75) is 74.1 Å². The van der Waals surface area contributed by atoms with Crippen molar-refractivity contribution in [1.29, 1.82) is 0 Å². The molecule has 0 fully saturated rings. The summed E-state index contributed by atoms with van der Waals surface area (Å²) in [6.07, 6.45) is 3.70. The van der Waals surface area contributed by atoms with Gasteiger partial charge in [0.25, 0.3) is 0 Å². The Morgan fingerprint density at radius 2 is 0.795 bits per heavy atom. The molecule has 0 spiro atoms. The summed E-state index contributed by atoms with van der Waals surface area (Å²) >= 11 is 0. The van der Waals surface area contributed by atoms with Crippen LogP contribution in [0.25, 0.3) is 55.5 Å². The van der Waals surface area contributed by atoms with Crippen LogP contribution in [0.4, 0.5) is 23.0 Å². The number of hydrogen-bond acceptors (Lipinski definition) is 6. The maximum Gasteiger partial charge on any atom is 0.197 e. The molecule has 6 heteroatoms. The van der Waals surface area contributed by atoms with E-state index in [9.17, 15) is 9.59 Å². The van der Waals surface area contributed by atoms with Gasteiger partial charge in [0.2, 0.25) is 0 Å². The highest BCUT2D eigenvalue weighted by molar-refractivity contribution is 6.39. The molecule has 358 valence electrons. The smallest absolute Gasteiger partial charge is 0.197 e. The predicted molar refractivity (Wildman–Crippen MR) is 302 cm³/mol. The topological polar surface area (TPSA) is 66.4 Å². The fourth-order valence-electron chi connectivity index (χ4n) is 11.0. The van der Waals surface area contributed by atoms with E-state index < -0.39 is 0 Å². The molecule has 0 saturated heterocycles. The monoisotopic (exact) mass is 950 g/mol. The fourth-order valence-corrected chi connectivity index (χ4v) is 11.0. The van der Waals surface area contributed by atoms with Gasteiger partial charge in [-0.25, -0.2) is 9.97 Å². The molecule has 2 aliphatic rings. The number of carbonyl (C=O) groups is 2. The molecule has 0 amide bonds. The highest BCUT2D eigenvalue weighted by Gasteiger charge is 2.42. The molecule has 1 aromatic heterocycles. The van der Waals surface area contributed by atoms with Crippen LogP contribution in [-0.2, 0) is 0 Å². The number of aryl methyl sites for hydroxylation is 5. The molecular weight excluding hydrogens is 893 g/mol. The zero-order valence-corrected chi connectivity index (χ0v) is 43.0. The molecule has 9 aromatic rings. The van der Waals surface area contributed by atoms with Gasteiger partial charge in [-0.1, -0.05) is 167 Å². The molecule has 0 N–H and O–H groups in total. The van der Waals surface area contributed by atoms with Crippen molar-refractivity contribution in [3.05, 3.63) is 237 Å². The van der Waals surface area contributed by atoms with Crippen LogP contribution in [0.1, 0.15) is 99.2 Å². The molecule has 0 unspecified atom stereocenters. The minimum atomic E-state index is -0.288. The molecule has 11 rings (SSSR count). The van der Waals surface area contributed by atoms with Gasteiger partial charge >= 0.3 is 0 Å². The number of anilines is 4. The number of nitrogens with zero attached hydrogens (tertiary/aromatic N) is 4. The number of rotatable bonds is 9. The highest BCUT2D eigenvalue weighted by Crippen LogP contribution is 2.56. The summed E-state index contributed by atoms with van der Waals surface area (Å²) in [5.74, 6) is 1.67. The SMILES string of the molecule is Cc1cc(-c2cc(C)c(-c3ccccc3)cc2C)c(N2/C(=C/C=C3C(=O)c4ccccc4C3=O)N(c3c(C(C)C)cccc3C(C)C)c3nc4ccccc4nc32)c(-c2cc(C)c(-c3ccccc3)cc2C)c1. The zero-order valence-electron chi connectivity index (χ0n) is 43.0. The van der Waals surface area contributed by atoms with E-state index in [1.165, 1.54) is 11.1 Å². The minimum Gasteiger partial charge on any atom is -0.288 e. The van der Waals surface area contributed by atoms with Crippen molar-refractivity contribution in [3.8, 4) is 44.5 Å². The summed E-state index contributed by atoms with van der Waals surface area (Å²) in [6.45, 7) is 19.9. The Labute approximate surface area is 429 Å². The Morgan fingerprint density at radius 1 is 0.397 bits per heavy atom. The first-order valence-corrected chi connectivity index (χ1v) is 25.4. The molecule has 8 aromatic carbocycles. The maximum atomic E-state index is 14.3. The second-order valence-corrected chi connectivity index (χ2v) is 20.3. The number of Topliss-reactive ketones (excluding diaryl/α,β-unsaturated/α-hetero) is 2. The maximum absolute atomic E-state index is 14.3. The Balaban J connectivity index is 1.29. The van der Waals surface area contributed by atoms with E-state index in [1.807, 2.05) is 42.5 Å². The first kappa shape index (κ1) is 46.9. The number of para-hydroxylation sites is 3. The molecule has 0 saturated carbocycles. The normalized spacial score (nSPS) is 13.8. The van der Waals surface area contributed by atoms with Gasteiger partial charge in [-0.15, -0.1) is 0 Å². The molecule has 0 atom stereocenters. The van der Waals surface area contributed by atoms with Crippen molar-refractivity contribution in [1.82, 2.24) is 9.97 Å². The van der Waals surface area contributed by atoms with E-state index in [0.717, 1.165) is 94.7 Å². The van der Waals surface area contributed by atoms with E-state index >= 15 is 0 Å². The number of aromatic nitrogens is 2. The van der Waals surface area contributed by atoms with E-state index in [4.69, 9.17) is 9.97 Å². The molecule has 73 heavy (non-hydrogen) atoms. The molecule has 1 aliphatic carbocycles. The summed E-state index contributed by atoms with van der Waals surface area (Å²) < 4.78 is 0. The lowest BCUT2D eigenvalue weighted by Crippen LogP contribution is -2.25. The number of benzene rings is 8. The second-order valence-electron chi connectivity index (χ2n) is 20.3. The Morgan fingerprint density at radius 3 is 1.25 bits per heavy atom. The third-order valence-corrected chi connectivity index (χ3v) is 14.7. The molecule has 0 bridgehead atoms. The van der Waals surface area contributed by atoms with Gasteiger partial charge in [-0.2, -0.15) is 0 Å². The number of allylic oxidation sites excluding steroid dienone is 3. The van der Waals surface area contributed by atoms with E-state index in [0.29, 0.717) is 28.6 Å². The zero-order chi connectivity index (χ0) is 50.8. The van der Waals surface area contributed by atoms with Crippen LogP contribution in [-0.4, -0.2) is 21.5 Å². The van der Waals surface area contributed by atoms with Crippen molar-refractivity contribution in [2.75, 3.05) is 9.80 Å². The van der Waals surface area contributed by atoms with Crippen molar-refractivity contribution < 1.29 is 9.59 Å². The minimum absolute atomic E-state index is 0.118. The molecular formula is C67H58N4O2. The Hall–Kier alpha value is -8.48. The number of ketones is 2. The summed E-state index contributed by atoms with van der Waals surface area (Å²) in [4.78, 5) is 44.4. The first-order chi connectivity index (χ1) is 35.3. The van der Waals surface area contributed by atoms with Gasteiger partial charge in [0.1, 0.15) is 5.82 Å². The lowest BCUT2D eigenvalue weighted by atomic mass is 9.86. The largest absolute Gasteiger partial charge is 0.288 e. The van der Waals surface area contributed by atoms with Crippen LogP contribution in [0.2, 0.25) is 0 Å². The molecule has 2 heterocycles. The van der Waals surface area contributed by atoms with E-state index in [-0.39, 0.29) is 29.0 Å². The van der Waals surface area contributed by atoms with Gasteiger partial charge in [0, 0.05) is 22.3 Å². The first-order valence-electron chi connectivity index (χ1n) is 25.4. The van der Waals surface area contributed by atoms with Crippen molar-refractivity contribution >= 4 is 45.6 Å². The fraction of sp³-hybridized carbons (Fsp3) is 0.164. The molecule has 1 aliphatic heterocycles. The van der Waals surface area contributed by atoms with Crippen LogP contribution in [0.5, 0.6) is 0 Å². The number of fused-ring (bicyclic) bond motifs is 3. The van der Waals surface area contributed by atoms with Gasteiger partial charge in [0.15, 0.2) is 23.2 Å². The Bertz CT molecular complexity index is 3610. The average Bonchev–Trinajstić information content (AvgIpc) is 3.83. The third kappa shape index (κ3) is 8.08. The summed E-state index contributed by atoms with van der Waals surface area (Å²) in [7, 11) is 0. The quantitative estimate of drug-likeness (QED) is 0.106. The summed E-state index contributed by atoms with van der Waals surface area (Å²) in [6, 6.07) is 56.8. The van der Waals surface area contributed by atoms with Crippen molar-refractivity contribution in [2.24, 2.45) is 0 Å². The summed E-state index contributed by atoms with van der Waals surface area (Å²) in [5.41, 5.74) is 21.2. The summed E-state index contributed by atoms with van der Waals surface area (Å²) in [5, 5.41) is 0. The van der Waals surface area contributed by atoms with Crippen LogP contribution < -0.4 is 9.80 Å². The number of carbonyl (C=O) groups excluding carboxylic acids is 2. The third-order valence-electron chi connectivity index (χ3n) is 14.7. The van der Waals surface area contributed by atoms with E-state index in [2.05, 4.69) is 187 Å². The van der Waals surface area contributed by atoms with Gasteiger partial charge in [-0.05, 0) is 155 Å². The lowest BCUT2D eigenvalue weighted by molar-refractivity contribution is 0.0988. The standard InChI is InChI=1S/C67H58N4O2/c1-39(2)48-27-20-28-49(40(3)4)62(48)70-61(32-31-52-64(72)50-25-16-17-26-51(50)65(52)73)71(67-66(70)68-59-29-18-19-30-60(59)69-67)63-57(55-37-42(6)53(35-44(55)8)46-21-12-10-13-22-46)33-41(5)34-58(63)56-38-43(7)54(36-45(56)9)47-23-14-11-15-24-47/h10-40H,1-9H3/b61-32+. The van der Waals surface area contributed by atoms with E-state index in [1.54, 1.807) is 18.2 Å². The van der Waals surface area contributed by atoms with Gasteiger partial charge < -0.3 is 0 Å². The average molecular weight is 951 g/mol. The second kappa shape index (κ2) is 18.6. The number of hydrogen-bond donors (Lipinski definition) is 0. The van der Waals surface area contributed by atoms with Crippen LogP contribution in [0.15, 0.2) is 187 Å². The van der Waals surface area contributed by atoms with Gasteiger partial charge in [0.05, 0.1) is 28.0 Å². The molecule has 0 radical (unpaired) electrons. The predicted octanol–water partition coefficient (Wildman–Crippen LogP) is 17.2. The molecule has 6 nitrogen and oxygen atoms in total. The van der Waals surface area contributed by atoms with Crippen LogP contribution in [0.3, 0.4) is 0 Å². The Kier molecular flexibility index (Phi) is 11.9.